The third-order valence-corrected chi connectivity index (χ3v) is 7.71. The van der Waals surface area contributed by atoms with Gasteiger partial charge in [0.1, 0.15) is 5.75 Å². The highest BCUT2D eigenvalue weighted by atomic mass is 79.9. The van der Waals surface area contributed by atoms with Crippen molar-refractivity contribution in [1.29, 1.82) is 0 Å². The first kappa shape index (κ1) is 27.2. The molecule has 3 aromatic rings. The van der Waals surface area contributed by atoms with Gasteiger partial charge in [-0.15, -0.1) is 0 Å². The number of esters is 1. The van der Waals surface area contributed by atoms with E-state index in [0.29, 0.717) is 45.4 Å². The van der Waals surface area contributed by atoms with Crippen LogP contribution in [0.4, 0.5) is 0 Å². The van der Waals surface area contributed by atoms with Crippen LogP contribution in [-0.2, 0) is 9.53 Å². The summed E-state index contributed by atoms with van der Waals surface area (Å²) in [7, 11) is 2.88. The molecule has 0 saturated carbocycles. The van der Waals surface area contributed by atoms with Gasteiger partial charge >= 0.3 is 5.97 Å². The van der Waals surface area contributed by atoms with Crippen LogP contribution in [0.1, 0.15) is 31.0 Å². The highest BCUT2D eigenvalue weighted by Crippen LogP contribution is 2.36. The van der Waals surface area contributed by atoms with Crippen LogP contribution in [0, 0.1) is 0 Å². The lowest BCUT2D eigenvalue weighted by atomic mass is 9.97. The molecule has 2 aromatic carbocycles. The van der Waals surface area contributed by atoms with Crippen molar-refractivity contribution in [2.45, 2.75) is 19.9 Å². The Morgan fingerprint density at radius 2 is 1.76 bits per heavy atom. The zero-order valence-corrected chi connectivity index (χ0v) is 24.5. The number of methoxy groups -OCH3 is 2. The maximum absolute atomic E-state index is 13.7. The maximum Gasteiger partial charge on any atom is 0.337 e. The molecule has 0 fully saturated rings. The van der Waals surface area contributed by atoms with E-state index in [1.54, 1.807) is 25.3 Å². The summed E-state index contributed by atoms with van der Waals surface area (Å²) in [6, 6.07) is 8.35. The van der Waals surface area contributed by atoms with Crippen molar-refractivity contribution in [1.82, 2.24) is 4.57 Å². The average Bonchev–Trinajstić information content (AvgIpc) is 3.19. The number of hydrogen-bond donors (Lipinski definition) is 0. The fourth-order valence-corrected chi connectivity index (χ4v) is 6.51. The van der Waals surface area contributed by atoms with Crippen LogP contribution in [0.5, 0.6) is 17.2 Å². The number of hydrogen-bond acceptors (Lipinski definition) is 8. The van der Waals surface area contributed by atoms with Crippen molar-refractivity contribution < 1.29 is 23.7 Å². The Hall–Kier alpha value is -2.89. The topological polar surface area (TPSA) is 88.4 Å². The second-order valence-electron chi connectivity index (χ2n) is 7.77. The molecule has 37 heavy (non-hydrogen) atoms. The first-order valence-corrected chi connectivity index (χ1v) is 13.7. The molecule has 4 rings (SSSR count). The predicted octanol–water partition coefficient (Wildman–Crippen LogP) is 4.35. The van der Waals surface area contributed by atoms with Gasteiger partial charge in [-0.2, -0.15) is 0 Å². The summed E-state index contributed by atoms with van der Waals surface area (Å²) in [5.41, 5.74) is 1.41. The molecule has 1 aliphatic rings. The van der Waals surface area contributed by atoms with Crippen LogP contribution in [0.15, 0.2) is 60.8 Å². The molecule has 8 nitrogen and oxygen atoms in total. The number of thiazole rings is 1. The van der Waals surface area contributed by atoms with E-state index in [-0.39, 0.29) is 11.1 Å². The van der Waals surface area contributed by atoms with Gasteiger partial charge < -0.3 is 18.9 Å². The lowest BCUT2D eigenvalue weighted by Crippen LogP contribution is -2.39. The highest BCUT2D eigenvalue weighted by molar-refractivity contribution is 9.11. The lowest BCUT2D eigenvalue weighted by Gasteiger charge is -2.23. The molecule has 0 amide bonds. The van der Waals surface area contributed by atoms with E-state index < -0.39 is 12.0 Å². The van der Waals surface area contributed by atoms with Crippen LogP contribution >= 0.6 is 43.2 Å². The van der Waals surface area contributed by atoms with Crippen LogP contribution in [0.25, 0.3) is 6.08 Å². The normalized spacial score (nSPS) is 14.9. The second-order valence-corrected chi connectivity index (χ2v) is 10.5. The third kappa shape index (κ3) is 5.39. The van der Waals surface area contributed by atoms with Crippen molar-refractivity contribution in [2.75, 3.05) is 27.4 Å². The molecule has 11 heteroatoms. The molecular formula is C26H24Br2N2O6S. The number of halogens is 2. The number of nitrogens with zero attached hydrogens (tertiary/aromatic N) is 2. The van der Waals surface area contributed by atoms with E-state index in [1.165, 1.54) is 29.2 Å². The monoisotopic (exact) mass is 650 g/mol. The Kier molecular flexibility index (Phi) is 8.56. The first-order chi connectivity index (χ1) is 17.8. The largest absolute Gasteiger partial charge is 0.494 e. The van der Waals surface area contributed by atoms with Crippen LogP contribution in [0.3, 0.4) is 0 Å². The van der Waals surface area contributed by atoms with E-state index in [4.69, 9.17) is 18.9 Å². The second kappa shape index (κ2) is 11.7. The molecule has 0 saturated heterocycles. The number of carbonyl (C=O) groups is 1. The van der Waals surface area contributed by atoms with E-state index in [9.17, 15) is 9.59 Å². The number of carbonyl (C=O) groups excluding carboxylic acids is 1. The Morgan fingerprint density at radius 3 is 2.38 bits per heavy atom. The number of benzene rings is 2. The molecule has 1 atom stereocenters. The maximum atomic E-state index is 13.7. The highest BCUT2D eigenvalue weighted by Gasteiger charge is 2.31. The summed E-state index contributed by atoms with van der Waals surface area (Å²) >= 11 is 8.24. The number of aromatic nitrogens is 1. The first-order valence-electron chi connectivity index (χ1n) is 11.3. The van der Waals surface area contributed by atoms with E-state index in [1.807, 2.05) is 32.0 Å². The summed E-state index contributed by atoms with van der Waals surface area (Å²) < 4.78 is 25.3. The van der Waals surface area contributed by atoms with Gasteiger partial charge in [0.05, 0.1) is 52.5 Å². The van der Waals surface area contributed by atoms with Crippen molar-refractivity contribution in [3.8, 4) is 17.2 Å². The molecule has 0 spiro atoms. The van der Waals surface area contributed by atoms with Gasteiger partial charge in [0.25, 0.3) is 5.56 Å². The quantitative estimate of drug-likeness (QED) is 0.337. The minimum Gasteiger partial charge on any atom is -0.494 e. The summed E-state index contributed by atoms with van der Waals surface area (Å²) in [4.78, 5) is 31.3. The summed E-state index contributed by atoms with van der Waals surface area (Å²) in [6.45, 7) is 4.67. The molecule has 1 aromatic heterocycles. The zero-order valence-electron chi connectivity index (χ0n) is 20.5. The number of rotatable bonds is 8. The summed E-state index contributed by atoms with van der Waals surface area (Å²) in [5.74, 6) is 1.19. The molecule has 2 heterocycles. The van der Waals surface area contributed by atoms with E-state index >= 15 is 0 Å². The zero-order chi connectivity index (χ0) is 26.7. The molecule has 0 radical (unpaired) electrons. The van der Waals surface area contributed by atoms with E-state index in [2.05, 4.69) is 36.9 Å². The van der Waals surface area contributed by atoms with E-state index in [0.717, 1.165) is 14.5 Å². The lowest BCUT2D eigenvalue weighted by molar-refractivity contribution is -0.136. The Morgan fingerprint density at radius 1 is 1.08 bits per heavy atom. The molecule has 0 bridgehead atoms. The molecule has 194 valence electrons. The molecule has 0 unspecified atom stereocenters. The molecule has 1 aliphatic heterocycles. The standard InChI is InChI=1S/C26H24Br2N2O6S/c1-5-35-19-8-7-15(12-20(19)36-6-2)22-16(25(32)34-4)13-29-26-30(22)24(31)21(37-26)11-14-9-17(27)23(33-3)18(28)10-14/h7-13,22H,5-6H2,1-4H3/b21-11-/t22-/m1/s1. The van der Waals surface area contributed by atoms with Crippen LogP contribution in [-0.4, -0.2) is 38.0 Å². The Bertz CT molecular complexity index is 1540. The van der Waals surface area contributed by atoms with Crippen LogP contribution in [0.2, 0.25) is 0 Å². The van der Waals surface area contributed by atoms with Gasteiger partial charge in [-0.3, -0.25) is 9.36 Å². The predicted molar refractivity (Wildman–Crippen MR) is 148 cm³/mol. The van der Waals surface area contributed by atoms with Crippen molar-refractivity contribution >= 4 is 55.2 Å². The molecular weight excluding hydrogens is 628 g/mol. The minimum atomic E-state index is -0.755. The SMILES string of the molecule is CCOc1ccc([C@@H]2C(C(=O)OC)=CN=c3s/c(=C\c4cc(Br)c(OC)c(Br)c4)c(=O)n32)cc1OCC. The average molecular weight is 652 g/mol. The van der Waals surface area contributed by atoms with Gasteiger partial charge in [0, 0.05) is 6.20 Å². The van der Waals surface area contributed by atoms with Gasteiger partial charge in [0.15, 0.2) is 16.3 Å². The van der Waals surface area contributed by atoms with Crippen LogP contribution < -0.4 is 29.1 Å². The third-order valence-electron chi connectivity index (χ3n) is 5.53. The molecule has 0 N–H and O–H groups in total. The molecule has 0 aliphatic carbocycles. The van der Waals surface area contributed by atoms with Crippen molar-refractivity contribution in [3.63, 3.8) is 0 Å². The summed E-state index contributed by atoms with van der Waals surface area (Å²) in [6.07, 6.45) is 3.24. The smallest absolute Gasteiger partial charge is 0.337 e. The fraction of sp³-hybridized carbons (Fsp3) is 0.269. The van der Waals surface area contributed by atoms with Crippen molar-refractivity contribution in [3.05, 3.63) is 81.9 Å². The van der Waals surface area contributed by atoms with Gasteiger partial charge in [-0.05, 0) is 87.2 Å². The fourth-order valence-electron chi connectivity index (χ4n) is 4.00. The minimum absolute atomic E-state index is 0.239. The summed E-state index contributed by atoms with van der Waals surface area (Å²) in [5, 5.41) is 0. The number of fused-ring (bicyclic) bond motifs is 1. The van der Waals surface area contributed by atoms with Gasteiger partial charge in [-0.25, -0.2) is 9.79 Å². The van der Waals surface area contributed by atoms with Gasteiger partial charge in [-0.1, -0.05) is 17.4 Å². The Balaban J connectivity index is 1.90. The Labute approximate surface area is 234 Å². The van der Waals surface area contributed by atoms with Crippen molar-refractivity contribution in [2.24, 2.45) is 4.99 Å². The number of ether oxygens (including phenoxy) is 4. The van der Waals surface area contributed by atoms with Gasteiger partial charge in [0.2, 0.25) is 0 Å².